The van der Waals surface area contributed by atoms with Gasteiger partial charge in [-0.05, 0) is 24.2 Å². The maximum Gasteiger partial charge on any atom is 0.229 e. The number of methoxy groups -OCH3 is 1. The molecule has 0 saturated heterocycles. The van der Waals surface area contributed by atoms with Gasteiger partial charge in [0, 0.05) is 7.11 Å². The monoisotopic (exact) mass is 254 g/mol. The summed E-state index contributed by atoms with van der Waals surface area (Å²) >= 11 is 0. The smallest absolute Gasteiger partial charge is 0.229 e. The normalized spacial score (nSPS) is 19.8. The third-order valence-corrected chi connectivity index (χ3v) is 3.41. The van der Waals surface area contributed by atoms with Gasteiger partial charge in [-0.1, -0.05) is 25.9 Å². The molecule has 5 nitrogen and oxygen atoms in total. The molecule has 1 aliphatic rings. The van der Waals surface area contributed by atoms with Crippen LogP contribution in [0, 0.1) is 11.3 Å². The number of rotatable bonds is 5. The van der Waals surface area contributed by atoms with Gasteiger partial charge < -0.3 is 14.4 Å². The van der Waals surface area contributed by atoms with E-state index in [0.29, 0.717) is 24.1 Å². The zero-order valence-corrected chi connectivity index (χ0v) is 11.5. The number of aliphatic hydroxyl groups is 1. The Morgan fingerprint density at radius 1 is 1.44 bits per heavy atom. The first kappa shape index (κ1) is 13.5. The highest BCUT2D eigenvalue weighted by molar-refractivity contribution is 4.99. The number of aromatic nitrogens is 2. The molecule has 0 amide bonds. The summed E-state index contributed by atoms with van der Waals surface area (Å²) in [5.74, 6) is 1.61. The Balaban J connectivity index is 2.01. The fraction of sp³-hybridized carbons (Fsp3) is 0.846. The maximum absolute atomic E-state index is 10.0. The number of ether oxygens (including phenoxy) is 1. The van der Waals surface area contributed by atoms with Crippen LogP contribution in [-0.2, 0) is 11.2 Å². The second-order valence-electron chi connectivity index (χ2n) is 6.13. The van der Waals surface area contributed by atoms with E-state index in [1.54, 1.807) is 7.11 Å². The van der Waals surface area contributed by atoms with Gasteiger partial charge in [-0.15, -0.1) is 0 Å². The van der Waals surface area contributed by atoms with Gasteiger partial charge in [0.2, 0.25) is 11.7 Å². The second-order valence-corrected chi connectivity index (χ2v) is 6.13. The summed E-state index contributed by atoms with van der Waals surface area (Å²) in [5, 5.41) is 14.0. The molecule has 2 unspecified atom stereocenters. The second kappa shape index (κ2) is 4.97. The first-order valence-electron chi connectivity index (χ1n) is 6.45. The Hall–Kier alpha value is -0.940. The minimum Gasteiger partial charge on any atom is -0.392 e. The SMILES string of the molecule is COC(c1noc(CC(O)C(C)(C)C)n1)C1CC1. The van der Waals surface area contributed by atoms with Crippen molar-refractivity contribution >= 4 is 0 Å². The quantitative estimate of drug-likeness (QED) is 0.871. The van der Waals surface area contributed by atoms with Crippen molar-refractivity contribution in [1.82, 2.24) is 10.1 Å². The first-order valence-corrected chi connectivity index (χ1v) is 6.45. The number of nitrogens with zero attached hydrogens (tertiary/aromatic N) is 2. The highest BCUT2D eigenvalue weighted by Crippen LogP contribution is 2.41. The van der Waals surface area contributed by atoms with Crippen molar-refractivity contribution in [3.05, 3.63) is 11.7 Å². The molecule has 1 N–H and O–H groups in total. The summed E-state index contributed by atoms with van der Waals surface area (Å²) in [4.78, 5) is 4.33. The molecular formula is C13H22N2O3. The van der Waals surface area contributed by atoms with Crippen molar-refractivity contribution in [2.45, 2.75) is 52.2 Å². The summed E-state index contributed by atoms with van der Waals surface area (Å²) < 4.78 is 10.6. The highest BCUT2D eigenvalue weighted by Gasteiger charge is 2.36. The summed E-state index contributed by atoms with van der Waals surface area (Å²) in [6, 6.07) is 0. The average molecular weight is 254 g/mol. The fourth-order valence-electron chi connectivity index (χ4n) is 1.85. The van der Waals surface area contributed by atoms with Crippen molar-refractivity contribution in [3.63, 3.8) is 0 Å². The van der Waals surface area contributed by atoms with Crippen LogP contribution in [0.2, 0.25) is 0 Å². The van der Waals surface area contributed by atoms with E-state index < -0.39 is 6.10 Å². The van der Waals surface area contributed by atoms with E-state index in [-0.39, 0.29) is 11.5 Å². The van der Waals surface area contributed by atoms with Crippen LogP contribution < -0.4 is 0 Å². The van der Waals surface area contributed by atoms with E-state index in [0.717, 1.165) is 12.8 Å². The molecule has 1 fully saturated rings. The Bertz CT molecular complexity index is 393. The van der Waals surface area contributed by atoms with E-state index >= 15 is 0 Å². The molecule has 0 radical (unpaired) electrons. The van der Waals surface area contributed by atoms with Crippen LogP contribution in [0.15, 0.2) is 4.52 Å². The number of hydrogen-bond acceptors (Lipinski definition) is 5. The summed E-state index contributed by atoms with van der Waals surface area (Å²) in [6.07, 6.45) is 2.15. The zero-order valence-electron chi connectivity index (χ0n) is 11.5. The highest BCUT2D eigenvalue weighted by atomic mass is 16.5. The molecule has 2 atom stereocenters. The van der Waals surface area contributed by atoms with Crippen LogP contribution in [0.3, 0.4) is 0 Å². The van der Waals surface area contributed by atoms with Gasteiger partial charge >= 0.3 is 0 Å². The van der Waals surface area contributed by atoms with Gasteiger partial charge in [0.15, 0.2) is 0 Å². The molecule has 1 aromatic rings. The summed E-state index contributed by atoms with van der Waals surface area (Å²) in [5.41, 5.74) is -0.189. The molecule has 1 aromatic heterocycles. The molecule has 0 spiro atoms. The molecule has 102 valence electrons. The lowest BCUT2D eigenvalue weighted by Gasteiger charge is -2.24. The number of aliphatic hydroxyl groups excluding tert-OH is 1. The summed E-state index contributed by atoms with van der Waals surface area (Å²) in [7, 11) is 1.67. The molecule has 1 aliphatic carbocycles. The predicted octanol–water partition coefficient (Wildman–Crippen LogP) is 2.12. The van der Waals surface area contributed by atoms with Crippen molar-refractivity contribution in [3.8, 4) is 0 Å². The van der Waals surface area contributed by atoms with E-state index in [9.17, 15) is 5.11 Å². The largest absolute Gasteiger partial charge is 0.392 e. The maximum atomic E-state index is 10.0. The Morgan fingerprint density at radius 3 is 2.61 bits per heavy atom. The van der Waals surface area contributed by atoms with Crippen LogP contribution in [0.4, 0.5) is 0 Å². The minimum absolute atomic E-state index is 0.0609. The standard InChI is InChI=1S/C13H22N2O3/c1-13(2,3)9(16)7-10-14-12(15-18-10)11(17-4)8-5-6-8/h8-9,11,16H,5-7H2,1-4H3. The molecule has 0 aliphatic heterocycles. The molecule has 18 heavy (non-hydrogen) atoms. The molecule has 5 heteroatoms. The predicted molar refractivity (Wildman–Crippen MR) is 65.9 cm³/mol. The van der Waals surface area contributed by atoms with Gasteiger partial charge in [0.05, 0.1) is 12.5 Å². The van der Waals surface area contributed by atoms with Crippen LogP contribution in [-0.4, -0.2) is 28.5 Å². The number of hydrogen-bond donors (Lipinski definition) is 1. The lowest BCUT2D eigenvalue weighted by atomic mass is 9.87. The van der Waals surface area contributed by atoms with Gasteiger partial charge in [0.1, 0.15) is 6.10 Å². The lowest BCUT2D eigenvalue weighted by Crippen LogP contribution is -2.28. The Labute approximate surface area is 108 Å². The van der Waals surface area contributed by atoms with Gasteiger partial charge in [0.25, 0.3) is 0 Å². The lowest BCUT2D eigenvalue weighted by molar-refractivity contribution is 0.0565. The zero-order chi connectivity index (χ0) is 13.3. The van der Waals surface area contributed by atoms with Gasteiger partial charge in [-0.2, -0.15) is 4.98 Å². The van der Waals surface area contributed by atoms with Crippen molar-refractivity contribution in [2.75, 3.05) is 7.11 Å². The van der Waals surface area contributed by atoms with Crippen LogP contribution in [0.1, 0.15) is 51.4 Å². The van der Waals surface area contributed by atoms with Gasteiger partial charge in [-0.25, -0.2) is 0 Å². The Kier molecular flexibility index (Phi) is 3.73. The van der Waals surface area contributed by atoms with E-state index in [2.05, 4.69) is 10.1 Å². The molecule has 1 saturated carbocycles. The average Bonchev–Trinajstić information content (AvgIpc) is 3.00. The van der Waals surface area contributed by atoms with Crippen molar-refractivity contribution in [2.24, 2.45) is 11.3 Å². The van der Waals surface area contributed by atoms with Crippen molar-refractivity contribution < 1.29 is 14.4 Å². The molecule has 1 heterocycles. The third-order valence-electron chi connectivity index (χ3n) is 3.41. The Morgan fingerprint density at radius 2 is 2.11 bits per heavy atom. The third kappa shape index (κ3) is 3.09. The first-order chi connectivity index (χ1) is 8.41. The molecule has 0 bridgehead atoms. The minimum atomic E-state index is -0.493. The fourth-order valence-corrected chi connectivity index (χ4v) is 1.85. The van der Waals surface area contributed by atoms with E-state index in [1.165, 1.54) is 0 Å². The molecule has 0 aromatic carbocycles. The molecule has 2 rings (SSSR count). The topological polar surface area (TPSA) is 68.4 Å². The van der Waals surface area contributed by atoms with E-state index in [1.807, 2.05) is 20.8 Å². The van der Waals surface area contributed by atoms with Crippen LogP contribution >= 0.6 is 0 Å². The summed E-state index contributed by atoms with van der Waals surface area (Å²) in [6.45, 7) is 5.95. The van der Waals surface area contributed by atoms with E-state index in [4.69, 9.17) is 9.26 Å². The van der Waals surface area contributed by atoms with Crippen LogP contribution in [0.5, 0.6) is 0 Å². The van der Waals surface area contributed by atoms with Gasteiger partial charge in [-0.3, -0.25) is 0 Å². The van der Waals surface area contributed by atoms with Crippen LogP contribution in [0.25, 0.3) is 0 Å². The van der Waals surface area contributed by atoms with Crippen molar-refractivity contribution in [1.29, 1.82) is 0 Å². The molecular weight excluding hydrogens is 232 g/mol.